The molecule has 1 heterocycles. The molecule has 8 heteroatoms. The van der Waals surface area contributed by atoms with Gasteiger partial charge in [0.1, 0.15) is 11.6 Å². The van der Waals surface area contributed by atoms with Gasteiger partial charge in [-0.1, -0.05) is 42.1 Å². The molecule has 0 atom stereocenters. The van der Waals surface area contributed by atoms with Crippen molar-refractivity contribution in [2.24, 2.45) is 5.10 Å². The summed E-state index contributed by atoms with van der Waals surface area (Å²) in [6, 6.07) is 11.7. The van der Waals surface area contributed by atoms with Crippen molar-refractivity contribution in [1.29, 1.82) is 0 Å². The van der Waals surface area contributed by atoms with Crippen LogP contribution in [0.5, 0.6) is 5.75 Å². The number of aromatic amines is 1. The fourth-order valence-corrected chi connectivity index (χ4v) is 3.04. The average Bonchev–Trinajstić information content (AvgIpc) is 3.12. The van der Waals surface area contributed by atoms with Crippen molar-refractivity contribution >= 4 is 23.9 Å². The molecule has 0 fully saturated rings. The lowest BCUT2D eigenvalue weighted by atomic mass is 10.1. The van der Waals surface area contributed by atoms with E-state index >= 15 is 0 Å². The molecule has 3 N–H and O–H groups in total. The third kappa shape index (κ3) is 5.18. The number of phenolic OH excluding ortho intramolecular Hbond substituents is 1. The van der Waals surface area contributed by atoms with Crippen LogP contribution in [0.4, 0.5) is 10.3 Å². The monoisotopic (exact) mass is 383 g/mol. The quantitative estimate of drug-likeness (QED) is 0.236. The van der Waals surface area contributed by atoms with Gasteiger partial charge in [-0.25, -0.2) is 14.9 Å². The molecular formula is C19H18FN5OS. The highest BCUT2D eigenvalue weighted by atomic mass is 32.2. The number of nitrogens with one attached hydrogen (secondary N) is 2. The van der Waals surface area contributed by atoms with E-state index in [1.807, 2.05) is 12.1 Å². The highest BCUT2D eigenvalue weighted by Crippen LogP contribution is 2.22. The Morgan fingerprint density at radius 3 is 2.85 bits per heavy atom. The SMILES string of the molecule is C=CCc1cccc(/C=N\Nc2nc(SCc3ccc(F)cc3)n[nH]2)c1O. The van der Waals surface area contributed by atoms with Gasteiger partial charge in [0.15, 0.2) is 0 Å². The van der Waals surface area contributed by atoms with Crippen molar-refractivity contribution < 1.29 is 9.50 Å². The summed E-state index contributed by atoms with van der Waals surface area (Å²) < 4.78 is 12.9. The number of H-pyrrole nitrogens is 1. The zero-order valence-electron chi connectivity index (χ0n) is 14.4. The maximum Gasteiger partial charge on any atom is 0.240 e. The van der Waals surface area contributed by atoms with Crippen molar-refractivity contribution in [3.63, 3.8) is 0 Å². The molecule has 0 aliphatic heterocycles. The van der Waals surface area contributed by atoms with Gasteiger partial charge < -0.3 is 5.11 Å². The predicted octanol–water partition coefficient (Wildman–Crippen LogP) is 4.12. The molecule has 0 bridgehead atoms. The topological polar surface area (TPSA) is 86.2 Å². The number of hydrazone groups is 1. The summed E-state index contributed by atoms with van der Waals surface area (Å²) in [6.07, 6.45) is 3.82. The second kappa shape index (κ2) is 9.00. The molecule has 6 nitrogen and oxygen atoms in total. The molecule has 0 saturated carbocycles. The first-order chi connectivity index (χ1) is 13.2. The summed E-state index contributed by atoms with van der Waals surface area (Å²) in [7, 11) is 0. The first-order valence-electron chi connectivity index (χ1n) is 8.16. The normalized spacial score (nSPS) is 11.0. The summed E-state index contributed by atoms with van der Waals surface area (Å²) >= 11 is 1.42. The van der Waals surface area contributed by atoms with Crippen LogP contribution in [0.2, 0.25) is 0 Å². The van der Waals surface area contributed by atoms with Gasteiger partial charge in [-0.2, -0.15) is 10.1 Å². The molecule has 0 unspecified atom stereocenters. The number of para-hydroxylation sites is 1. The summed E-state index contributed by atoms with van der Waals surface area (Å²) in [5, 5.41) is 21.6. The van der Waals surface area contributed by atoms with Crippen LogP contribution in [0.1, 0.15) is 16.7 Å². The number of anilines is 1. The summed E-state index contributed by atoms with van der Waals surface area (Å²) in [4.78, 5) is 4.27. The molecule has 0 aliphatic carbocycles. The minimum Gasteiger partial charge on any atom is -0.507 e. The minimum absolute atomic E-state index is 0.177. The van der Waals surface area contributed by atoms with E-state index in [2.05, 4.69) is 32.3 Å². The lowest BCUT2D eigenvalue weighted by molar-refractivity contribution is 0.469. The van der Waals surface area contributed by atoms with Crippen LogP contribution < -0.4 is 5.43 Å². The van der Waals surface area contributed by atoms with E-state index in [-0.39, 0.29) is 11.6 Å². The van der Waals surface area contributed by atoms with Crippen LogP contribution in [-0.4, -0.2) is 26.5 Å². The van der Waals surface area contributed by atoms with Gasteiger partial charge in [0.05, 0.1) is 6.21 Å². The highest BCUT2D eigenvalue weighted by molar-refractivity contribution is 7.98. The van der Waals surface area contributed by atoms with E-state index in [1.165, 1.54) is 30.1 Å². The van der Waals surface area contributed by atoms with Gasteiger partial charge in [-0.15, -0.1) is 11.7 Å². The number of aromatic nitrogens is 3. The number of nitrogens with zero attached hydrogens (tertiary/aromatic N) is 3. The molecule has 3 rings (SSSR count). The molecular weight excluding hydrogens is 365 g/mol. The largest absolute Gasteiger partial charge is 0.507 e. The van der Waals surface area contributed by atoms with E-state index in [4.69, 9.17) is 0 Å². The number of thioether (sulfide) groups is 1. The zero-order chi connectivity index (χ0) is 19.1. The maximum absolute atomic E-state index is 12.9. The Labute approximate surface area is 160 Å². The Morgan fingerprint density at radius 1 is 1.26 bits per heavy atom. The molecule has 138 valence electrons. The number of halogens is 1. The number of aromatic hydroxyl groups is 1. The Bertz CT molecular complexity index is 940. The Balaban J connectivity index is 1.56. The number of hydrogen-bond acceptors (Lipinski definition) is 6. The first kappa shape index (κ1) is 18.7. The maximum atomic E-state index is 12.9. The Kier molecular flexibility index (Phi) is 6.22. The number of phenols is 1. The van der Waals surface area contributed by atoms with Gasteiger partial charge >= 0.3 is 0 Å². The summed E-state index contributed by atoms with van der Waals surface area (Å²) in [6.45, 7) is 3.67. The van der Waals surface area contributed by atoms with E-state index in [9.17, 15) is 9.50 Å². The number of allylic oxidation sites excluding steroid dienone is 1. The predicted molar refractivity (Wildman–Crippen MR) is 106 cm³/mol. The smallest absolute Gasteiger partial charge is 0.240 e. The summed E-state index contributed by atoms with van der Waals surface area (Å²) in [5.74, 6) is 0.933. The molecule has 3 aromatic rings. The molecule has 1 aromatic heterocycles. The molecule has 2 aromatic carbocycles. The van der Waals surface area contributed by atoms with E-state index in [0.29, 0.717) is 28.8 Å². The van der Waals surface area contributed by atoms with Crippen LogP contribution >= 0.6 is 11.8 Å². The Hall–Kier alpha value is -3.13. The second-order valence-corrected chi connectivity index (χ2v) is 6.54. The van der Waals surface area contributed by atoms with Crippen molar-refractivity contribution in [3.05, 3.63) is 77.6 Å². The van der Waals surface area contributed by atoms with Crippen LogP contribution in [0.25, 0.3) is 0 Å². The Morgan fingerprint density at radius 2 is 2.07 bits per heavy atom. The van der Waals surface area contributed by atoms with E-state index in [1.54, 1.807) is 24.3 Å². The van der Waals surface area contributed by atoms with E-state index in [0.717, 1.165) is 11.1 Å². The van der Waals surface area contributed by atoms with Crippen molar-refractivity contribution in [2.45, 2.75) is 17.3 Å². The third-order valence-electron chi connectivity index (χ3n) is 3.64. The number of hydrogen-bond donors (Lipinski definition) is 3. The first-order valence-corrected chi connectivity index (χ1v) is 9.14. The summed E-state index contributed by atoms with van der Waals surface area (Å²) in [5.41, 5.74) is 5.10. The molecule has 0 spiro atoms. The molecule has 27 heavy (non-hydrogen) atoms. The number of rotatable bonds is 8. The van der Waals surface area contributed by atoms with Crippen LogP contribution in [0.15, 0.2) is 65.4 Å². The van der Waals surface area contributed by atoms with Gasteiger partial charge in [-0.05, 0) is 35.7 Å². The standard InChI is InChI=1S/C19H18FN5OS/c1-2-4-14-5-3-6-15(17(14)26)11-21-23-18-22-19(25-24-18)27-12-13-7-9-16(20)10-8-13/h2-3,5-11,26H,1,4,12H2,(H2,22,23,24,25)/b21-11-. The average molecular weight is 383 g/mol. The second-order valence-electron chi connectivity index (χ2n) is 5.60. The van der Waals surface area contributed by atoms with Crippen molar-refractivity contribution in [3.8, 4) is 5.75 Å². The van der Waals surface area contributed by atoms with Gasteiger partial charge in [0.25, 0.3) is 0 Å². The fraction of sp³-hybridized carbons (Fsp3) is 0.105. The highest BCUT2D eigenvalue weighted by Gasteiger charge is 2.05. The molecule has 0 amide bonds. The molecule has 0 aliphatic rings. The lowest BCUT2D eigenvalue weighted by Crippen LogP contribution is -1.94. The zero-order valence-corrected chi connectivity index (χ0v) is 15.2. The van der Waals surface area contributed by atoms with Crippen LogP contribution in [-0.2, 0) is 12.2 Å². The van der Waals surface area contributed by atoms with Gasteiger partial charge in [-0.3, -0.25) is 0 Å². The lowest BCUT2D eigenvalue weighted by Gasteiger charge is -2.04. The van der Waals surface area contributed by atoms with Gasteiger partial charge in [0.2, 0.25) is 11.1 Å². The van der Waals surface area contributed by atoms with Gasteiger partial charge in [0, 0.05) is 11.3 Å². The molecule has 0 saturated heterocycles. The van der Waals surface area contributed by atoms with Crippen molar-refractivity contribution in [1.82, 2.24) is 15.2 Å². The van der Waals surface area contributed by atoms with Crippen molar-refractivity contribution in [2.75, 3.05) is 5.43 Å². The minimum atomic E-state index is -0.257. The van der Waals surface area contributed by atoms with Crippen LogP contribution in [0, 0.1) is 5.82 Å². The van der Waals surface area contributed by atoms with Crippen LogP contribution in [0.3, 0.4) is 0 Å². The fourth-order valence-electron chi connectivity index (χ4n) is 2.29. The number of benzene rings is 2. The van der Waals surface area contributed by atoms with E-state index < -0.39 is 0 Å². The molecule has 0 radical (unpaired) electrons. The third-order valence-corrected chi connectivity index (χ3v) is 4.55.